The molecule has 2 N–H and O–H groups in total. The molecule has 88 valence electrons. The van der Waals surface area contributed by atoms with Crippen molar-refractivity contribution in [3.63, 3.8) is 0 Å². The largest absolute Gasteiger partial charge is 0.468 e. The van der Waals surface area contributed by atoms with Crippen LogP contribution < -0.4 is 5.73 Å². The smallest absolute Gasteiger partial charge is 0.323 e. The lowest BCUT2D eigenvalue weighted by Gasteiger charge is -2.19. The average Bonchev–Trinajstić information content (AvgIpc) is 2.98. The van der Waals surface area contributed by atoms with Gasteiger partial charge in [0, 0.05) is 0 Å². The lowest BCUT2D eigenvalue weighted by atomic mass is 9.92. The highest BCUT2D eigenvalue weighted by atomic mass is 79.9. The first-order valence-electron chi connectivity index (χ1n) is 5.11. The molecule has 1 aliphatic carbocycles. The zero-order valence-electron chi connectivity index (χ0n) is 9.25. The number of nitrogens with two attached hydrogens (primary N) is 1. The zero-order valence-corrected chi connectivity index (χ0v) is 10.8. The molecule has 0 aliphatic heterocycles. The Morgan fingerprint density at radius 2 is 2.31 bits per heavy atom. The summed E-state index contributed by atoms with van der Waals surface area (Å²) in [7, 11) is 1.35. The maximum atomic E-state index is 11.5. The van der Waals surface area contributed by atoms with Gasteiger partial charge < -0.3 is 14.9 Å². The fourth-order valence-corrected chi connectivity index (χ4v) is 2.61. The Balaban J connectivity index is 2.33. The molecule has 16 heavy (non-hydrogen) atoms. The molecule has 0 amide bonds. The Labute approximate surface area is 102 Å². The summed E-state index contributed by atoms with van der Waals surface area (Å²) in [5.41, 5.74) is 6.59. The molecule has 1 heterocycles. The molecule has 2 rings (SSSR count). The summed E-state index contributed by atoms with van der Waals surface area (Å²) >= 11 is 3.28. The number of hydrogen-bond donors (Lipinski definition) is 1. The molecule has 0 aromatic carbocycles. The first-order chi connectivity index (χ1) is 7.51. The number of methoxy groups -OCH3 is 1. The van der Waals surface area contributed by atoms with E-state index in [0.29, 0.717) is 4.67 Å². The summed E-state index contributed by atoms with van der Waals surface area (Å²) in [6, 6.07) is 1.24. The Morgan fingerprint density at radius 3 is 2.69 bits per heavy atom. The highest BCUT2D eigenvalue weighted by molar-refractivity contribution is 9.10. The van der Waals surface area contributed by atoms with Crippen molar-refractivity contribution in [2.45, 2.75) is 31.2 Å². The lowest BCUT2D eigenvalue weighted by Crippen LogP contribution is -2.42. The number of ether oxygens (including phenoxy) is 1. The molecule has 0 spiro atoms. The van der Waals surface area contributed by atoms with Crippen LogP contribution in [0.25, 0.3) is 0 Å². The molecule has 0 saturated heterocycles. The van der Waals surface area contributed by atoms with Crippen LogP contribution in [0.4, 0.5) is 0 Å². The monoisotopic (exact) mass is 287 g/mol. The Kier molecular flexibility index (Phi) is 2.84. The number of carbonyl (C=O) groups excluding carboxylic acids is 1. The summed E-state index contributed by atoms with van der Waals surface area (Å²) in [5, 5.41) is 0. The van der Waals surface area contributed by atoms with Crippen molar-refractivity contribution in [3.8, 4) is 0 Å². The van der Waals surface area contributed by atoms with Gasteiger partial charge in [-0.05, 0) is 47.3 Å². The summed E-state index contributed by atoms with van der Waals surface area (Å²) < 4.78 is 10.9. The number of carbonyl (C=O) groups is 1. The minimum atomic E-state index is -0.644. The van der Waals surface area contributed by atoms with Crippen LogP contribution in [0, 0.1) is 6.92 Å². The molecule has 4 nitrogen and oxygen atoms in total. The highest BCUT2D eigenvalue weighted by Gasteiger charge is 2.56. The maximum Gasteiger partial charge on any atom is 0.323 e. The highest BCUT2D eigenvalue weighted by Crippen LogP contribution is 2.52. The molecule has 0 bridgehead atoms. The van der Waals surface area contributed by atoms with Crippen molar-refractivity contribution < 1.29 is 13.9 Å². The van der Waals surface area contributed by atoms with Gasteiger partial charge in [-0.1, -0.05) is 0 Å². The molecule has 1 aromatic heterocycles. The predicted molar refractivity (Wildman–Crippen MR) is 62.0 cm³/mol. The fraction of sp³-hybridized carbons (Fsp3) is 0.545. The molecule has 1 atom stereocenters. The molecule has 1 saturated carbocycles. The minimum Gasteiger partial charge on any atom is -0.468 e. The third-order valence-corrected chi connectivity index (χ3v) is 3.57. The van der Waals surface area contributed by atoms with Crippen molar-refractivity contribution in [1.29, 1.82) is 0 Å². The van der Waals surface area contributed by atoms with E-state index in [2.05, 4.69) is 20.7 Å². The second-order valence-corrected chi connectivity index (χ2v) is 5.00. The van der Waals surface area contributed by atoms with E-state index >= 15 is 0 Å². The van der Waals surface area contributed by atoms with Crippen LogP contribution in [0.2, 0.25) is 0 Å². The quantitative estimate of drug-likeness (QED) is 0.862. The molecule has 1 aliphatic rings. The van der Waals surface area contributed by atoms with Crippen LogP contribution in [-0.2, 0) is 14.9 Å². The SMILES string of the molecule is COC(=O)C(N)C1(c2oc(Br)cc2C)CC1. The van der Waals surface area contributed by atoms with Crippen molar-refractivity contribution in [3.05, 3.63) is 22.1 Å². The van der Waals surface area contributed by atoms with Gasteiger partial charge in [-0.15, -0.1) is 0 Å². The molecule has 1 unspecified atom stereocenters. The second-order valence-electron chi connectivity index (χ2n) is 4.22. The molecule has 5 heteroatoms. The van der Waals surface area contributed by atoms with Gasteiger partial charge in [0.2, 0.25) is 0 Å². The first kappa shape index (κ1) is 11.7. The van der Waals surface area contributed by atoms with Gasteiger partial charge in [-0.3, -0.25) is 4.79 Å². The number of rotatable bonds is 3. The van der Waals surface area contributed by atoms with Gasteiger partial charge in [0.25, 0.3) is 0 Å². The van der Waals surface area contributed by atoms with Gasteiger partial charge in [-0.25, -0.2) is 0 Å². The van der Waals surface area contributed by atoms with E-state index in [1.165, 1.54) is 7.11 Å². The topological polar surface area (TPSA) is 65.5 Å². The summed E-state index contributed by atoms with van der Waals surface area (Å²) in [4.78, 5) is 11.5. The Morgan fingerprint density at radius 1 is 1.69 bits per heavy atom. The van der Waals surface area contributed by atoms with E-state index in [4.69, 9.17) is 10.2 Å². The van der Waals surface area contributed by atoms with Gasteiger partial charge in [0.05, 0.1) is 12.5 Å². The van der Waals surface area contributed by atoms with Crippen LogP contribution in [0.15, 0.2) is 15.2 Å². The van der Waals surface area contributed by atoms with Gasteiger partial charge in [0.15, 0.2) is 4.67 Å². The number of esters is 1. The third-order valence-electron chi connectivity index (χ3n) is 3.18. The average molecular weight is 288 g/mol. The van der Waals surface area contributed by atoms with Crippen LogP contribution in [0.5, 0.6) is 0 Å². The van der Waals surface area contributed by atoms with Crippen molar-refractivity contribution in [2.24, 2.45) is 5.73 Å². The normalized spacial score (nSPS) is 19.2. The van der Waals surface area contributed by atoms with Crippen LogP contribution in [0.1, 0.15) is 24.2 Å². The third kappa shape index (κ3) is 1.68. The first-order valence-corrected chi connectivity index (χ1v) is 5.90. The van der Waals surface area contributed by atoms with E-state index in [1.807, 2.05) is 13.0 Å². The van der Waals surface area contributed by atoms with E-state index in [0.717, 1.165) is 24.2 Å². The van der Waals surface area contributed by atoms with Crippen LogP contribution in [0.3, 0.4) is 0 Å². The van der Waals surface area contributed by atoms with Crippen molar-refractivity contribution in [1.82, 2.24) is 0 Å². The predicted octanol–water partition coefficient (Wildman–Crippen LogP) is 1.88. The van der Waals surface area contributed by atoms with Gasteiger partial charge in [0.1, 0.15) is 11.8 Å². The number of hydrogen-bond acceptors (Lipinski definition) is 4. The zero-order chi connectivity index (χ0) is 11.9. The standard InChI is InChI=1S/C11H14BrNO3/c1-6-5-7(12)16-9(6)11(3-4-11)8(13)10(14)15-2/h5,8H,3-4,13H2,1-2H3. The van der Waals surface area contributed by atoms with Crippen LogP contribution in [-0.4, -0.2) is 19.1 Å². The second kappa shape index (κ2) is 3.89. The fourth-order valence-electron chi connectivity index (χ4n) is 2.10. The maximum absolute atomic E-state index is 11.5. The Hall–Kier alpha value is -0.810. The van der Waals surface area contributed by atoms with E-state index in [-0.39, 0.29) is 11.4 Å². The summed E-state index contributed by atoms with van der Waals surface area (Å²) in [5.74, 6) is 0.418. The van der Waals surface area contributed by atoms with Gasteiger partial charge in [-0.2, -0.15) is 0 Å². The number of aryl methyl sites for hydroxylation is 1. The molecular weight excluding hydrogens is 274 g/mol. The van der Waals surface area contributed by atoms with Gasteiger partial charge >= 0.3 is 5.97 Å². The number of furan rings is 1. The van der Waals surface area contributed by atoms with Crippen molar-refractivity contribution >= 4 is 21.9 Å². The number of halogens is 1. The molecule has 1 fully saturated rings. The molecular formula is C11H14BrNO3. The van der Waals surface area contributed by atoms with E-state index in [9.17, 15) is 4.79 Å². The lowest BCUT2D eigenvalue weighted by molar-refractivity contribution is -0.143. The van der Waals surface area contributed by atoms with E-state index < -0.39 is 6.04 Å². The minimum absolute atomic E-state index is 0.358. The summed E-state index contributed by atoms with van der Waals surface area (Å²) in [6.45, 7) is 1.95. The Bertz CT molecular complexity index is 423. The molecule has 0 radical (unpaired) electrons. The molecule has 1 aromatic rings. The van der Waals surface area contributed by atoms with E-state index in [1.54, 1.807) is 0 Å². The van der Waals surface area contributed by atoms with Crippen molar-refractivity contribution in [2.75, 3.05) is 7.11 Å². The van der Waals surface area contributed by atoms with Crippen LogP contribution >= 0.6 is 15.9 Å². The summed E-state index contributed by atoms with van der Waals surface area (Å²) in [6.07, 6.45) is 1.73.